The van der Waals surface area contributed by atoms with Crippen molar-refractivity contribution in [2.75, 3.05) is 20.1 Å². The van der Waals surface area contributed by atoms with Gasteiger partial charge in [-0.1, -0.05) is 12.1 Å². The van der Waals surface area contributed by atoms with Gasteiger partial charge in [0.25, 0.3) is 0 Å². The van der Waals surface area contributed by atoms with Crippen LogP contribution in [-0.2, 0) is 9.59 Å². The van der Waals surface area contributed by atoms with Gasteiger partial charge in [0.05, 0.1) is 6.54 Å². The van der Waals surface area contributed by atoms with E-state index in [1.54, 1.807) is 24.1 Å². The van der Waals surface area contributed by atoms with E-state index in [1.165, 1.54) is 12.1 Å². The molecular weight excluding hydrogens is 251 g/mol. The van der Waals surface area contributed by atoms with Gasteiger partial charge < -0.3 is 10.4 Å². The third-order valence-corrected chi connectivity index (χ3v) is 2.84. The first-order valence-electron chi connectivity index (χ1n) is 5.84. The zero-order chi connectivity index (χ0) is 14.4. The molecule has 1 aromatic rings. The first-order valence-corrected chi connectivity index (χ1v) is 5.84. The molecule has 19 heavy (non-hydrogen) atoms. The number of carboxylic acid groups (broad SMARTS) is 1. The van der Waals surface area contributed by atoms with Crippen LogP contribution < -0.4 is 5.32 Å². The summed E-state index contributed by atoms with van der Waals surface area (Å²) in [6.45, 7) is 1.57. The second-order valence-corrected chi connectivity index (χ2v) is 4.31. The van der Waals surface area contributed by atoms with Crippen LogP contribution in [0.3, 0.4) is 0 Å². The third-order valence-electron chi connectivity index (χ3n) is 2.84. The van der Waals surface area contributed by atoms with Crippen molar-refractivity contribution in [2.24, 2.45) is 0 Å². The predicted molar refractivity (Wildman–Crippen MR) is 68.1 cm³/mol. The second-order valence-electron chi connectivity index (χ2n) is 4.31. The zero-order valence-electron chi connectivity index (χ0n) is 10.9. The van der Waals surface area contributed by atoms with Gasteiger partial charge in [-0.25, -0.2) is 4.39 Å². The molecule has 1 rings (SSSR count). The molecule has 1 amide bonds. The van der Waals surface area contributed by atoms with Crippen LogP contribution in [0.5, 0.6) is 0 Å². The average Bonchev–Trinajstić information content (AvgIpc) is 2.36. The summed E-state index contributed by atoms with van der Waals surface area (Å²) in [5.41, 5.74) is 0.884. The molecule has 0 aliphatic heterocycles. The van der Waals surface area contributed by atoms with Crippen LogP contribution in [0.4, 0.5) is 4.39 Å². The number of nitrogens with one attached hydrogen (secondary N) is 1. The number of carbonyl (C=O) groups excluding carboxylic acids is 1. The molecule has 0 saturated carbocycles. The summed E-state index contributed by atoms with van der Waals surface area (Å²) in [7, 11) is 1.74. The van der Waals surface area contributed by atoms with Crippen molar-refractivity contribution in [2.45, 2.75) is 13.0 Å². The molecule has 6 heteroatoms. The highest BCUT2D eigenvalue weighted by Crippen LogP contribution is 2.18. The zero-order valence-corrected chi connectivity index (χ0v) is 10.9. The monoisotopic (exact) mass is 268 g/mol. The summed E-state index contributed by atoms with van der Waals surface area (Å²) in [6.07, 6.45) is 0. The molecule has 0 fully saturated rings. The number of carboxylic acids is 1. The molecule has 2 N–H and O–H groups in total. The number of carbonyl (C=O) groups is 2. The summed E-state index contributed by atoms with van der Waals surface area (Å²) in [5.74, 6) is -1.75. The van der Waals surface area contributed by atoms with Crippen LogP contribution in [0.1, 0.15) is 18.5 Å². The molecule has 0 aromatic heterocycles. The highest BCUT2D eigenvalue weighted by atomic mass is 19.1. The number of hydrogen-bond donors (Lipinski definition) is 2. The van der Waals surface area contributed by atoms with Crippen molar-refractivity contribution in [3.05, 3.63) is 35.6 Å². The van der Waals surface area contributed by atoms with Crippen molar-refractivity contribution in [1.82, 2.24) is 10.2 Å². The molecule has 0 bridgehead atoms. The van der Waals surface area contributed by atoms with E-state index >= 15 is 0 Å². The fraction of sp³-hybridized carbons (Fsp3) is 0.385. The summed E-state index contributed by atoms with van der Waals surface area (Å²) in [5, 5.41) is 10.7. The fourth-order valence-corrected chi connectivity index (χ4v) is 1.59. The second kappa shape index (κ2) is 6.84. The van der Waals surface area contributed by atoms with Crippen LogP contribution in [-0.4, -0.2) is 42.0 Å². The number of amides is 1. The lowest BCUT2D eigenvalue weighted by molar-refractivity contribution is -0.138. The number of halogens is 1. The quantitative estimate of drug-likeness (QED) is 0.808. The lowest BCUT2D eigenvalue weighted by Gasteiger charge is -2.24. The first kappa shape index (κ1) is 15.1. The molecule has 0 radical (unpaired) electrons. The van der Waals surface area contributed by atoms with Crippen LogP contribution in [0.15, 0.2) is 24.3 Å². The Morgan fingerprint density at radius 1 is 1.37 bits per heavy atom. The van der Waals surface area contributed by atoms with Gasteiger partial charge in [-0.3, -0.25) is 14.5 Å². The minimum Gasteiger partial charge on any atom is -0.480 e. The highest BCUT2D eigenvalue weighted by Gasteiger charge is 2.15. The number of hydrogen-bond acceptors (Lipinski definition) is 3. The Kier molecular flexibility index (Phi) is 5.44. The van der Waals surface area contributed by atoms with Crippen LogP contribution in [0.25, 0.3) is 0 Å². The topological polar surface area (TPSA) is 69.6 Å². The Labute approximate surface area is 111 Å². The molecule has 0 aliphatic carbocycles. The summed E-state index contributed by atoms with van der Waals surface area (Å²) < 4.78 is 12.8. The molecule has 104 valence electrons. The van der Waals surface area contributed by atoms with Gasteiger partial charge in [0.2, 0.25) is 5.91 Å². The number of nitrogens with zero attached hydrogens (tertiary/aromatic N) is 1. The first-order chi connectivity index (χ1) is 8.90. The molecule has 1 unspecified atom stereocenters. The summed E-state index contributed by atoms with van der Waals surface area (Å²) >= 11 is 0. The van der Waals surface area contributed by atoms with Gasteiger partial charge >= 0.3 is 5.97 Å². The van der Waals surface area contributed by atoms with Gasteiger partial charge in [0.1, 0.15) is 12.4 Å². The van der Waals surface area contributed by atoms with E-state index in [4.69, 9.17) is 5.11 Å². The van der Waals surface area contributed by atoms with Gasteiger partial charge in [0.15, 0.2) is 0 Å². The van der Waals surface area contributed by atoms with Crippen molar-refractivity contribution < 1.29 is 19.1 Å². The predicted octanol–water partition coefficient (Wildman–Crippen LogP) is 1.02. The van der Waals surface area contributed by atoms with Gasteiger partial charge in [-0.15, -0.1) is 0 Å². The van der Waals surface area contributed by atoms with Crippen molar-refractivity contribution in [3.8, 4) is 0 Å². The fourth-order valence-electron chi connectivity index (χ4n) is 1.59. The normalized spacial score (nSPS) is 12.2. The smallest absolute Gasteiger partial charge is 0.322 e. The lowest BCUT2D eigenvalue weighted by atomic mass is 10.1. The third kappa shape index (κ3) is 5.05. The molecule has 0 saturated heterocycles. The molecule has 5 nitrogen and oxygen atoms in total. The van der Waals surface area contributed by atoms with Crippen molar-refractivity contribution in [1.29, 1.82) is 0 Å². The molecule has 0 aliphatic rings. The van der Waals surface area contributed by atoms with E-state index in [1.807, 2.05) is 6.92 Å². The Balaban J connectivity index is 2.52. The Hall–Kier alpha value is -1.95. The van der Waals surface area contributed by atoms with Gasteiger partial charge in [-0.05, 0) is 31.7 Å². The molecule has 0 heterocycles. The SMILES string of the molecule is CC(c1ccc(F)cc1)N(C)CC(=O)NCC(=O)O. The maximum absolute atomic E-state index is 12.8. The van der Waals surface area contributed by atoms with E-state index in [0.29, 0.717) is 0 Å². The van der Waals surface area contributed by atoms with E-state index in [0.717, 1.165) is 5.56 Å². The maximum Gasteiger partial charge on any atom is 0.322 e. The largest absolute Gasteiger partial charge is 0.480 e. The minimum atomic E-state index is -1.08. The number of likely N-dealkylation sites (N-methyl/N-ethyl adjacent to an activating group) is 1. The number of aliphatic carboxylic acids is 1. The Bertz CT molecular complexity index is 448. The van der Waals surface area contributed by atoms with Crippen LogP contribution in [0.2, 0.25) is 0 Å². The summed E-state index contributed by atoms with van der Waals surface area (Å²) in [4.78, 5) is 23.5. The van der Waals surface area contributed by atoms with Crippen LogP contribution in [0, 0.1) is 5.82 Å². The Morgan fingerprint density at radius 2 is 1.95 bits per heavy atom. The molecule has 1 atom stereocenters. The average molecular weight is 268 g/mol. The van der Waals surface area contributed by atoms with Gasteiger partial charge in [-0.2, -0.15) is 0 Å². The van der Waals surface area contributed by atoms with E-state index < -0.39 is 12.5 Å². The molecular formula is C13H17FN2O3. The van der Waals surface area contributed by atoms with Gasteiger partial charge in [0, 0.05) is 6.04 Å². The number of rotatable bonds is 6. The maximum atomic E-state index is 12.8. The van der Waals surface area contributed by atoms with E-state index in [2.05, 4.69) is 5.32 Å². The van der Waals surface area contributed by atoms with Crippen molar-refractivity contribution in [3.63, 3.8) is 0 Å². The highest BCUT2D eigenvalue weighted by molar-refractivity contribution is 5.82. The molecule has 1 aromatic carbocycles. The van der Waals surface area contributed by atoms with E-state index in [9.17, 15) is 14.0 Å². The van der Waals surface area contributed by atoms with Crippen molar-refractivity contribution >= 4 is 11.9 Å². The minimum absolute atomic E-state index is 0.0730. The Morgan fingerprint density at radius 3 is 2.47 bits per heavy atom. The van der Waals surface area contributed by atoms with E-state index in [-0.39, 0.29) is 24.3 Å². The standard InChI is InChI=1S/C13H17FN2O3/c1-9(10-3-5-11(14)6-4-10)16(2)8-12(17)15-7-13(18)19/h3-6,9H,7-8H2,1-2H3,(H,15,17)(H,18,19). The summed E-state index contributed by atoms with van der Waals surface area (Å²) in [6, 6.07) is 5.97. The lowest BCUT2D eigenvalue weighted by Crippen LogP contribution is -2.38. The molecule has 0 spiro atoms. The number of benzene rings is 1. The van der Waals surface area contributed by atoms with Crippen LogP contribution >= 0.6 is 0 Å².